The number of hydrogen-bond donors (Lipinski definition) is 0. The Balaban J connectivity index is 4.39. The summed E-state index contributed by atoms with van der Waals surface area (Å²) < 4.78 is 31.6. The van der Waals surface area contributed by atoms with Gasteiger partial charge in [0.1, 0.15) is 17.1 Å². The van der Waals surface area contributed by atoms with E-state index in [-0.39, 0.29) is 0 Å². The maximum Gasteiger partial charge on any atom is 0.321 e. The van der Waals surface area contributed by atoms with Crippen LogP contribution in [0, 0.1) is 0 Å². The number of methoxy groups -OCH3 is 1. The first-order valence-corrected chi connectivity index (χ1v) is 6.37. The SMILES string of the molecule is COC(=O)CS(=O)(=O)CC(=O)OC(C)(C)C. The summed E-state index contributed by atoms with van der Waals surface area (Å²) in [5.74, 6) is -3.41. The summed E-state index contributed by atoms with van der Waals surface area (Å²) >= 11 is 0. The zero-order valence-electron chi connectivity index (χ0n) is 9.77. The van der Waals surface area contributed by atoms with Gasteiger partial charge in [-0.2, -0.15) is 0 Å². The zero-order chi connectivity index (χ0) is 13.0. The molecule has 0 bridgehead atoms. The Kier molecular flexibility index (Phi) is 4.92. The third kappa shape index (κ3) is 7.22. The number of carbonyl (C=O) groups is 2. The first-order chi connectivity index (χ1) is 7.06. The lowest BCUT2D eigenvalue weighted by atomic mass is 10.2. The molecule has 0 aliphatic heterocycles. The summed E-state index contributed by atoms with van der Waals surface area (Å²) in [4.78, 5) is 21.9. The van der Waals surface area contributed by atoms with Crippen molar-refractivity contribution in [3.8, 4) is 0 Å². The predicted octanol–water partition coefficient (Wildman–Crippen LogP) is -0.0841. The van der Waals surface area contributed by atoms with E-state index in [1.165, 1.54) is 0 Å². The van der Waals surface area contributed by atoms with Gasteiger partial charge >= 0.3 is 11.9 Å². The zero-order valence-corrected chi connectivity index (χ0v) is 10.6. The molecule has 6 nitrogen and oxygen atoms in total. The lowest BCUT2D eigenvalue weighted by molar-refractivity contribution is -0.151. The molecule has 0 aromatic carbocycles. The van der Waals surface area contributed by atoms with E-state index in [1.54, 1.807) is 20.8 Å². The molecule has 0 aliphatic carbocycles. The largest absolute Gasteiger partial charge is 0.468 e. The quantitative estimate of drug-likeness (QED) is 0.650. The van der Waals surface area contributed by atoms with Crippen LogP contribution >= 0.6 is 0 Å². The van der Waals surface area contributed by atoms with Crippen molar-refractivity contribution in [2.45, 2.75) is 26.4 Å². The molecule has 0 heterocycles. The van der Waals surface area contributed by atoms with Crippen molar-refractivity contribution in [1.29, 1.82) is 0 Å². The molecule has 0 saturated heterocycles. The summed E-state index contributed by atoms with van der Waals surface area (Å²) in [5, 5.41) is 0. The highest BCUT2D eigenvalue weighted by Crippen LogP contribution is 2.08. The van der Waals surface area contributed by atoms with Gasteiger partial charge in [0.25, 0.3) is 0 Å². The normalized spacial score (nSPS) is 12.0. The van der Waals surface area contributed by atoms with Crippen molar-refractivity contribution in [2.24, 2.45) is 0 Å². The third-order valence-electron chi connectivity index (χ3n) is 1.32. The molecule has 0 N–H and O–H groups in total. The second kappa shape index (κ2) is 5.29. The maximum absolute atomic E-state index is 11.3. The highest BCUT2D eigenvalue weighted by atomic mass is 32.2. The molecule has 0 radical (unpaired) electrons. The molecule has 0 saturated carbocycles. The minimum atomic E-state index is -3.81. The molecule has 16 heavy (non-hydrogen) atoms. The van der Waals surface area contributed by atoms with Gasteiger partial charge in [0.15, 0.2) is 9.84 Å². The average Bonchev–Trinajstić information content (AvgIpc) is 1.97. The van der Waals surface area contributed by atoms with Gasteiger partial charge in [-0.15, -0.1) is 0 Å². The van der Waals surface area contributed by atoms with Gasteiger partial charge in [-0.1, -0.05) is 0 Å². The van der Waals surface area contributed by atoms with Crippen molar-refractivity contribution in [3.63, 3.8) is 0 Å². The highest BCUT2D eigenvalue weighted by molar-refractivity contribution is 7.92. The average molecular weight is 252 g/mol. The third-order valence-corrected chi connectivity index (χ3v) is 2.67. The summed E-state index contributed by atoms with van der Waals surface area (Å²) in [6, 6.07) is 0. The molecule has 0 atom stereocenters. The smallest absolute Gasteiger partial charge is 0.321 e. The molecule has 0 fully saturated rings. The Morgan fingerprint density at radius 2 is 1.50 bits per heavy atom. The van der Waals surface area contributed by atoms with Gasteiger partial charge in [-0.3, -0.25) is 9.59 Å². The fraction of sp³-hybridized carbons (Fsp3) is 0.778. The van der Waals surface area contributed by atoms with Crippen LogP contribution in [0.1, 0.15) is 20.8 Å². The van der Waals surface area contributed by atoms with Crippen LogP contribution in [0.3, 0.4) is 0 Å². The van der Waals surface area contributed by atoms with Crippen molar-refractivity contribution >= 4 is 21.8 Å². The summed E-state index contributed by atoms with van der Waals surface area (Å²) in [5.41, 5.74) is -0.752. The molecule has 0 rings (SSSR count). The minimum absolute atomic E-state index is 0.752. The van der Waals surface area contributed by atoms with Crippen molar-refractivity contribution < 1.29 is 27.5 Å². The Hall–Kier alpha value is -1.11. The minimum Gasteiger partial charge on any atom is -0.468 e. The van der Waals surface area contributed by atoms with Gasteiger partial charge in [0.05, 0.1) is 7.11 Å². The van der Waals surface area contributed by atoms with Crippen LogP contribution in [0.15, 0.2) is 0 Å². The molecule has 0 unspecified atom stereocenters. The molecule has 0 aromatic rings. The van der Waals surface area contributed by atoms with Gasteiger partial charge in [-0.05, 0) is 20.8 Å². The van der Waals surface area contributed by atoms with E-state index in [0.29, 0.717) is 0 Å². The summed E-state index contributed by atoms with van der Waals surface area (Å²) in [7, 11) is -2.74. The highest BCUT2D eigenvalue weighted by Gasteiger charge is 2.25. The number of hydrogen-bond acceptors (Lipinski definition) is 6. The van der Waals surface area contributed by atoms with Crippen LogP contribution in [0.5, 0.6) is 0 Å². The van der Waals surface area contributed by atoms with Crippen molar-refractivity contribution in [2.75, 3.05) is 18.6 Å². The fourth-order valence-electron chi connectivity index (χ4n) is 0.840. The second-order valence-corrected chi connectivity index (χ2v) is 6.26. The number of esters is 2. The van der Waals surface area contributed by atoms with E-state index in [0.717, 1.165) is 7.11 Å². The fourth-order valence-corrected chi connectivity index (χ4v) is 1.84. The number of sulfone groups is 1. The topological polar surface area (TPSA) is 86.7 Å². The second-order valence-electron chi connectivity index (χ2n) is 4.19. The van der Waals surface area contributed by atoms with Crippen LogP contribution in [-0.4, -0.2) is 44.6 Å². The maximum atomic E-state index is 11.3. The molecule has 0 spiro atoms. The Morgan fingerprint density at radius 1 is 1.06 bits per heavy atom. The molecule has 94 valence electrons. The van der Waals surface area contributed by atoms with Crippen LogP contribution in [0.4, 0.5) is 0 Å². The van der Waals surface area contributed by atoms with Gasteiger partial charge < -0.3 is 9.47 Å². The summed E-state index contributed by atoms with van der Waals surface area (Å²) in [6.07, 6.45) is 0. The van der Waals surface area contributed by atoms with E-state index < -0.39 is 38.9 Å². The molecule has 0 amide bonds. The predicted molar refractivity (Wildman–Crippen MR) is 56.5 cm³/mol. The number of ether oxygens (including phenoxy) is 2. The first-order valence-electron chi connectivity index (χ1n) is 4.55. The van der Waals surface area contributed by atoms with Crippen LogP contribution in [-0.2, 0) is 28.9 Å². The van der Waals surface area contributed by atoms with E-state index in [1.807, 2.05) is 0 Å². The van der Waals surface area contributed by atoms with E-state index in [2.05, 4.69) is 4.74 Å². The van der Waals surface area contributed by atoms with E-state index >= 15 is 0 Å². The monoisotopic (exact) mass is 252 g/mol. The van der Waals surface area contributed by atoms with Crippen LogP contribution in [0.25, 0.3) is 0 Å². The molecule has 0 aromatic heterocycles. The number of carbonyl (C=O) groups excluding carboxylic acids is 2. The van der Waals surface area contributed by atoms with Gasteiger partial charge in [-0.25, -0.2) is 8.42 Å². The Morgan fingerprint density at radius 3 is 1.88 bits per heavy atom. The van der Waals surface area contributed by atoms with E-state index in [4.69, 9.17) is 4.74 Å². The molecule has 7 heteroatoms. The molecular weight excluding hydrogens is 236 g/mol. The van der Waals surface area contributed by atoms with E-state index in [9.17, 15) is 18.0 Å². The van der Waals surface area contributed by atoms with Crippen molar-refractivity contribution in [1.82, 2.24) is 0 Å². The molecular formula is C9H16O6S. The lowest BCUT2D eigenvalue weighted by Gasteiger charge is -2.19. The standard InChI is InChI=1S/C9H16O6S/c1-9(2,3)15-8(11)6-16(12,13)5-7(10)14-4/h5-6H2,1-4H3. The van der Waals surface area contributed by atoms with Gasteiger partial charge in [0, 0.05) is 0 Å². The van der Waals surface area contributed by atoms with Gasteiger partial charge in [0.2, 0.25) is 0 Å². The van der Waals surface area contributed by atoms with Crippen LogP contribution in [0.2, 0.25) is 0 Å². The molecule has 0 aliphatic rings. The summed E-state index contributed by atoms with van der Waals surface area (Å²) in [6.45, 7) is 4.87. The van der Waals surface area contributed by atoms with Crippen molar-refractivity contribution in [3.05, 3.63) is 0 Å². The number of rotatable bonds is 4. The first kappa shape index (κ1) is 14.9. The Labute approximate surface area is 94.8 Å². The lowest BCUT2D eigenvalue weighted by Crippen LogP contribution is -2.31. The van der Waals surface area contributed by atoms with Crippen LogP contribution < -0.4 is 0 Å². The Bertz CT molecular complexity index is 362.